The van der Waals surface area contributed by atoms with E-state index in [0.717, 1.165) is 39.2 Å². The highest BCUT2D eigenvalue weighted by atomic mass is 15.3. The van der Waals surface area contributed by atoms with Crippen LogP contribution in [0.5, 0.6) is 0 Å². The van der Waals surface area contributed by atoms with Crippen LogP contribution in [-0.4, -0.2) is 29.5 Å². The third-order valence-electron chi connectivity index (χ3n) is 5.16. The van der Waals surface area contributed by atoms with Gasteiger partial charge in [0.25, 0.3) is 0 Å². The minimum atomic E-state index is 0.590. The highest BCUT2D eigenvalue weighted by molar-refractivity contribution is 5.90. The zero-order valence-electron chi connectivity index (χ0n) is 16.6. The smallest absolute Gasteiger partial charge is 0.225 e. The second-order valence-electron chi connectivity index (χ2n) is 6.88. The summed E-state index contributed by atoms with van der Waals surface area (Å²) < 4.78 is 3.74. The molecule has 8 heteroatoms. The number of aromatic nitrogens is 6. The molecule has 0 bridgehead atoms. The molecule has 4 aromatic rings. The molecule has 3 heterocycles. The summed E-state index contributed by atoms with van der Waals surface area (Å²) in [6.07, 6.45) is 3.75. The van der Waals surface area contributed by atoms with E-state index in [1.807, 2.05) is 60.1 Å². The lowest BCUT2D eigenvalue weighted by molar-refractivity contribution is 0.738. The maximum atomic E-state index is 4.72. The van der Waals surface area contributed by atoms with Crippen LogP contribution >= 0.6 is 0 Å². The number of anilines is 2. The molecule has 0 saturated heterocycles. The molecule has 0 spiro atoms. The number of para-hydroxylation sites is 1. The first-order chi connectivity index (χ1) is 13.5. The van der Waals surface area contributed by atoms with Gasteiger partial charge in [-0.15, -0.1) is 0 Å². The first-order valence-corrected chi connectivity index (χ1v) is 9.22. The predicted molar refractivity (Wildman–Crippen MR) is 110 cm³/mol. The summed E-state index contributed by atoms with van der Waals surface area (Å²) in [6.45, 7) is 5.39. The number of hydrogen-bond acceptors (Lipinski definition) is 6. The van der Waals surface area contributed by atoms with Crippen molar-refractivity contribution in [2.45, 2.75) is 26.9 Å². The second kappa shape index (κ2) is 7.30. The topological polar surface area (TPSA) is 85.5 Å². The first-order valence-electron chi connectivity index (χ1n) is 9.22. The van der Waals surface area contributed by atoms with Gasteiger partial charge in [0.1, 0.15) is 5.82 Å². The highest BCUT2D eigenvalue weighted by Crippen LogP contribution is 2.23. The molecule has 4 rings (SSSR count). The van der Waals surface area contributed by atoms with Gasteiger partial charge in [0.15, 0.2) is 0 Å². The van der Waals surface area contributed by atoms with Gasteiger partial charge >= 0.3 is 0 Å². The summed E-state index contributed by atoms with van der Waals surface area (Å²) in [6, 6.07) is 8.01. The Labute approximate surface area is 163 Å². The molecule has 2 N–H and O–H groups in total. The van der Waals surface area contributed by atoms with Gasteiger partial charge in [0.05, 0.1) is 17.9 Å². The summed E-state index contributed by atoms with van der Waals surface area (Å²) in [4.78, 5) is 9.37. The lowest BCUT2D eigenvalue weighted by atomic mass is 10.2. The number of nitrogens with zero attached hydrogens (tertiary/aromatic N) is 6. The Bertz CT molecular complexity index is 1120. The third-order valence-corrected chi connectivity index (χ3v) is 5.16. The SMILES string of the molecule is Cc1c(CNc2nc(NCc3cnn(C)c3C)c3ccccc3n2)cnn1C. The van der Waals surface area contributed by atoms with Crippen molar-refractivity contribution in [1.29, 1.82) is 0 Å². The van der Waals surface area contributed by atoms with Crippen LogP contribution < -0.4 is 10.6 Å². The normalized spacial score (nSPS) is 11.1. The third kappa shape index (κ3) is 3.40. The van der Waals surface area contributed by atoms with E-state index in [0.29, 0.717) is 19.0 Å². The fourth-order valence-electron chi connectivity index (χ4n) is 3.08. The van der Waals surface area contributed by atoms with Crippen LogP contribution in [-0.2, 0) is 27.2 Å². The van der Waals surface area contributed by atoms with E-state index in [9.17, 15) is 0 Å². The van der Waals surface area contributed by atoms with Crippen molar-refractivity contribution in [3.05, 3.63) is 59.2 Å². The van der Waals surface area contributed by atoms with Crippen LogP contribution in [0, 0.1) is 13.8 Å². The van der Waals surface area contributed by atoms with Crippen LogP contribution in [0.15, 0.2) is 36.7 Å². The zero-order valence-corrected chi connectivity index (χ0v) is 16.6. The fourth-order valence-corrected chi connectivity index (χ4v) is 3.08. The first kappa shape index (κ1) is 18.0. The number of benzene rings is 1. The molecule has 0 unspecified atom stereocenters. The minimum absolute atomic E-state index is 0.590. The molecule has 0 saturated carbocycles. The highest BCUT2D eigenvalue weighted by Gasteiger charge is 2.10. The number of hydrogen-bond donors (Lipinski definition) is 2. The summed E-state index contributed by atoms with van der Waals surface area (Å²) in [5, 5.41) is 16.4. The second-order valence-corrected chi connectivity index (χ2v) is 6.88. The maximum Gasteiger partial charge on any atom is 0.225 e. The Balaban J connectivity index is 1.59. The van der Waals surface area contributed by atoms with Crippen LogP contribution in [0.3, 0.4) is 0 Å². The molecule has 0 aliphatic carbocycles. The fraction of sp³-hybridized carbons (Fsp3) is 0.300. The summed E-state index contributed by atoms with van der Waals surface area (Å²) >= 11 is 0. The Morgan fingerprint density at radius 1 is 0.821 bits per heavy atom. The molecular weight excluding hydrogens is 352 g/mol. The molecule has 0 amide bonds. The quantitative estimate of drug-likeness (QED) is 0.538. The summed E-state index contributed by atoms with van der Waals surface area (Å²) in [5.74, 6) is 1.40. The van der Waals surface area contributed by atoms with Crippen molar-refractivity contribution >= 4 is 22.7 Å². The lowest BCUT2D eigenvalue weighted by Crippen LogP contribution is -2.09. The van der Waals surface area contributed by atoms with E-state index in [-0.39, 0.29) is 0 Å². The molecular formula is C20H24N8. The van der Waals surface area contributed by atoms with Gasteiger partial charge in [-0.2, -0.15) is 15.2 Å². The Morgan fingerprint density at radius 2 is 1.43 bits per heavy atom. The van der Waals surface area contributed by atoms with Crippen LogP contribution in [0.25, 0.3) is 10.9 Å². The van der Waals surface area contributed by atoms with Crippen LogP contribution in [0.2, 0.25) is 0 Å². The average Bonchev–Trinajstić information content (AvgIpc) is 3.20. The van der Waals surface area contributed by atoms with E-state index >= 15 is 0 Å². The van der Waals surface area contributed by atoms with Crippen molar-refractivity contribution in [1.82, 2.24) is 29.5 Å². The molecule has 28 heavy (non-hydrogen) atoms. The van der Waals surface area contributed by atoms with Crippen molar-refractivity contribution in [3.8, 4) is 0 Å². The Kier molecular flexibility index (Phi) is 4.68. The van der Waals surface area contributed by atoms with Crippen LogP contribution in [0.4, 0.5) is 11.8 Å². The molecule has 0 fully saturated rings. The monoisotopic (exact) mass is 376 g/mol. The van der Waals surface area contributed by atoms with Gasteiger partial charge < -0.3 is 10.6 Å². The van der Waals surface area contributed by atoms with E-state index in [1.54, 1.807) is 0 Å². The molecule has 0 aliphatic rings. The van der Waals surface area contributed by atoms with Crippen molar-refractivity contribution in [2.75, 3.05) is 10.6 Å². The largest absolute Gasteiger partial charge is 0.365 e. The van der Waals surface area contributed by atoms with Gasteiger partial charge in [-0.05, 0) is 26.0 Å². The van der Waals surface area contributed by atoms with E-state index in [4.69, 9.17) is 4.98 Å². The predicted octanol–water partition coefficient (Wildman–Crippen LogP) is 2.94. The zero-order chi connectivity index (χ0) is 19.7. The van der Waals surface area contributed by atoms with E-state index in [2.05, 4.69) is 39.7 Å². The molecule has 0 aliphatic heterocycles. The molecule has 8 nitrogen and oxygen atoms in total. The molecule has 144 valence electrons. The number of fused-ring (bicyclic) bond motifs is 1. The van der Waals surface area contributed by atoms with Gasteiger partial charge in [0.2, 0.25) is 5.95 Å². The maximum absolute atomic E-state index is 4.72. The van der Waals surface area contributed by atoms with Crippen molar-refractivity contribution in [3.63, 3.8) is 0 Å². The summed E-state index contributed by atoms with van der Waals surface area (Å²) in [5.41, 5.74) is 5.42. The number of nitrogens with one attached hydrogen (secondary N) is 2. The van der Waals surface area contributed by atoms with Crippen molar-refractivity contribution < 1.29 is 0 Å². The van der Waals surface area contributed by atoms with Crippen molar-refractivity contribution in [2.24, 2.45) is 14.1 Å². The van der Waals surface area contributed by atoms with E-state index < -0.39 is 0 Å². The standard InChI is InChI=1S/C20H24N8/c1-13-15(11-23-27(13)3)9-21-19-17-7-5-6-8-18(17)25-20(26-19)22-10-16-12-24-28(4)14(16)2/h5-8,11-12H,9-10H2,1-4H3,(H2,21,22,25,26). The molecule has 0 radical (unpaired) electrons. The lowest BCUT2D eigenvalue weighted by Gasteiger charge is -2.12. The van der Waals surface area contributed by atoms with Gasteiger partial charge in [-0.1, -0.05) is 12.1 Å². The van der Waals surface area contributed by atoms with E-state index in [1.165, 1.54) is 0 Å². The number of aryl methyl sites for hydroxylation is 2. The summed E-state index contributed by atoms with van der Waals surface area (Å²) in [7, 11) is 3.88. The Morgan fingerprint density at radius 3 is 2.04 bits per heavy atom. The Hall–Kier alpha value is -3.42. The minimum Gasteiger partial charge on any atom is -0.365 e. The van der Waals surface area contributed by atoms with Crippen LogP contribution in [0.1, 0.15) is 22.5 Å². The molecule has 1 aromatic carbocycles. The molecule has 3 aromatic heterocycles. The number of rotatable bonds is 6. The molecule has 0 atom stereocenters. The van der Waals surface area contributed by atoms with Gasteiger partial charge in [0, 0.05) is 55.1 Å². The average molecular weight is 376 g/mol. The van der Waals surface area contributed by atoms with Gasteiger partial charge in [-0.25, -0.2) is 4.98 Å². The van der Waals surface area contributed by atoms with Gasteiger partial charge in [-0.3, -0.25) is 9.36 Å².